The molecule has 0 aliphatic heterocycles. The first-order valence-electron chi connectivity index (χ1n) is 13.2. The molecule has 0 amide bonds. The summed E-state index contributed by atoms with van der Waals surface area (Å²) in [6.45, 7) is 0. The Morgan fingerprint density at radius 3 is 0.381 bits per heavy atom. The Balaban J connectivity index is 4.78. The van der Waals surface area contributed by atoms with E-state index in [1.54, 1.807) is 0 Å². The molecule has 0 aromatic carbocycles. The molecule has 0 aliphatic rings. The summed E-state index contributed by atoms with van der Waals surface area (Å²) >= 11 is 0. The number of aromatic nitrogens is 3. The Morgan fingerprint density at radius 1 is 0.159 bits per heavy atom. The fraction of sp³-hybridized carbons (Fsp3) is 0.857. The molecule has 0 spiro atoms. The highest BCUT2D eigenvalue weighted by molar-refractivity contribution is 5.23. The summed E-state index contributed by atoms with van der Waals surface area (Å²) in [6, 6.07) is 0. The van der Waals surface area contributed by atoms with Gasteiger partial charge >= 0.3 is 107 Å². The van der Waals surface area contributed by atoms with Crippen molar-refractivity contribution in [2.45, 2.75) is 107 Å². The van der Waals surface area contributed by atoms with Gasteiger partial charge in [0.15, 0.2) is 0 Å². The third-order valence-corrected chi connectivity index (χ3v) is 7.28. The smallest absolute Gasteiger partial charge is 0.205 e. The molecule has 1 aromatic heterocycles. The fourth-order valence-corrected chi connectivity index (χ4v) is 3.53. The summed E-state index contributed by atoms with van der Waals surface area (Å²) in [5.41, 5.74) is 0. The minimum absolute atomic E-state index is 0.260. The standard InChI is InChI=1S/C21F39N3/c22-4(23,7(28,29)10(34,35)13(40,41)16(46,47)19(52,53)54)1-61-2(5(24,25)8(30,31)11(36,37)14(42,43)17(48,49)20(55,56)57)63-3(62-1)6(26,27)9(32,33)12(38,39)15(44,45)18(50,51)21(58,59)60. The molecule has 0 atom stereocenters. The van der Waals surface area contributed by atoms with Crippen molar-refractivity contribution in [1.82, 2.24) is 15.0 Å². The van der Waals surface area contributed by atoms with Crippen molar-refractivity contribution in [2.24, 2.45) is 0 Å². The number of alkyl halides is 39. The maximum atomic E-state index is 14.7. The summed E-state index contributed by atoms with van der Waals surface area (Å²) in [5.74, 6) is -156. The lowest BCUT2D eigenvalue weighted by Crippen LogP contribution is -2.70. The number of nitrogens with zero attached hydrogens (tertiary/aromatic N) is 3. The van der Waals surface area contributed by atoms with Crippen molar-refractivity contribution in [3.63, 3.8) is 0 Å². The molecule has 1 rings (SSSR count). The van der Waals surface area contributed by atoms with Crippen molar-refractivity contribution < 1.29 is 171 Å². The molecule has 0 saturated carbocycles. The van der Waals surface area contributed by atoms with Crippen LogP contribution in [0, 0.1) is 0 Å². The number of hydrogen-bond donors (Lipinski definition) is 0. The summed E-state index contributed by atoms with van der Waals surface area (Å²) < 4.78 is 529. The van der Waals surface area contributed by atoms with Crippen molar-refractivity contribution in [2.75, 3.05) is 0 Å². The van der Waals surface area contributed by atoms with Crippen LogP contribution in [-0.2, 0) is 17.8 Å². The zero-order chi connectivity index (χ0) is 51.9. The molecule has 0 radical (unpaired) electrons. The highest BCUT2D eigenvalue weighted by atomic mass is 19.5. The Kier molecular flexibility index (Phi) is 12.9. The summed E-state index contributed by atoms with van der Waals surface area (Å²) in [7, 11) is 0. The third-order valence-electron chi connectivity index (χ3n) is 7.28. The van der Waals surface area contributed by atoms with Crippen LogP contribution < -0.4 is 0 Å². The molecule has 3 nitrogen and oxygen atoms in total. The van der Waals surface area contributed by atoms with Gasteiger partial charge in [0.1, 0.15) is 0 Å². The molecular formula is C21F39N3. The second kappa shape index (κ2) is 14.1. The van der Waals surface area contributed by atoms with Crippen LogP contribution in [0.5, 0.6) is 0 Å². The van der Waals surface area contributed by atoms with Crippen molar-refractivity contribution in [3.8, 4) is 0 Å². The Labute approximate surface area is 312 Å². The van der Waals surface area contributed by atoms with Crippen molar-refractivity contribution in [3.05, 3.63) is 17.5 Å². The van der Waals surface area contributed by atoms with E-state index in [2.05, 4.69) is 0 Å². The molecule has 1 aromatic rings. The number of rotatable bonds is 15. The van der Waals surface area contributed by atoms with Crippen LogP contribution in [-0.4, -0.2) is 105 Å². The van der Waals surface area contributed by atoms with E-state index in [1.807, 2.05) is 0 Å². The van der Waals surface area contributed by atoms with Gasteiger partial charge in [-0.25, -0.2) is 15.0 Å². The molecule has 0 saturated heterocycles. The molecule has 0 N–H and O–H groups in total. The highest BCUT2D eigenvalue weighted by Crippen LogP contribution is 2.66. The molecule has 0 aliphatic carbocycles. The van der Waals surface area contributed by atoms with Gasteiger partial charge in [-0.05, 0) is 0 Å². The maximum Gasteiger partial charge on any atom is 0.460 e. The van der Waals surface area contributed by atoms with Crippen LogP contribution in [0.15, 0.2) is 0 Å². The second-order valence-electron chi connectivity index (χ2n) is 11.4. The molecule has 0 fully saturated rings. The molecule has 0 unspecified atom stereocenters. The predicted octanol–water partition coefficient (Wildman–Crippen LogP) is 12.5. The lowest BCUT2D eigenvalue weighted by Gasteiger charge is -2.40. The van der Waals surface area contributed by atoms with Crippen LogP contribution >= 0.6 is 0 Å². The Morgan fingerprint density at radius 2 is 0.270 bits per heavy atom. The Bertz CT molecular complexity index is 1620. The monoisotopic (exact) mass is 1030 g/mol. The van der Waals surface area contributed by atoms with Crippen molar-refractivity contribution >= 4 is 0 Å². The van der Waals surface area contributed by atoms with Gasteiger partial charge in [-0.1, -0.05) is 0 Å². The molecule has 42 heteroatoms. The van der Waals surface area contributed by atoms with Crippen LogP contribution in [0.2, 0.25) is 0 Å². The Hall–Kier alpha value is -3.72. The van der Waals surface area contributed by atoms with Gasteiger partial charge in [-0.2, -0.15) is 171 Å². The van der Waals surface area contributed by atoms with Crippen LogP contribution in [0.4, 0.5) is 171 Å². The van der Waals surface area contributed by atoms with Gasteiger partial charge < -0.3 is 0 Å². The average Bonchev–Trinajstić information content (AvgIpc) is 3.05. The maximum absolute atomic E-state index is 14.7. The zero-order valence-electron chi connectivity index (χ0n) is 26.6. The van der Waals surface area contributed by atoms with Gasteiger partial charge in [-0.3, -0.25) is 0 Å². The van der Waals surface area contributed by atoms with Crippen LogP contribution in [0.1, 0.15) is 17.5 Å². The van der Waals surface area contributed by atoms with E-state index in [4.69, 9.17) is 0 Å². The predicted molar refractivity (Wildman–Crippen MR) is 109 cm³/mol. The molecule has 1 heterocycles. The lowest BCUT2D eigenvalue weighted by atomic mass is 9.92. The third kappa shape index (κ3) is 7.10. The average molecular weight is 1040 g/mol. The number of halogens is 39. The quantitative estimate of drug-likeness (QED) is 0.164. The first kappa shape index (κ1) is 57.3. The number of hydrogen-bond acceptors (Lipinski definition) is 3. The SMILES string of the molecule is FC(F)(F)C(F)(F)C(F)(F)C(F)(F)C(F)(F)C(F)(F)c1nc(C(F)(F)C(F)(F)C(F)(F)C(F)(F)C(F)(F)C(F)(F)F)nc(C(F)(F)C(F)(F)C(F)(F)C(F)(F)C(F)(F)C(F)(F)F)n1. The van der Waals surface area contributed by atoms with E-state index in [0.29, 0.717) is 0 Å². The molecule has 372 valence electrons. The fourth-order valence-electron chi connectivity index (χ4n) is 3.53. The summed E-state index contributed by atoms with van der Waals surface area (Å²) in [5, 5.41) is 0. The minimum atomic E-state index is -9.52. The van der Waals surface area contributed by atoms with Gasteiger partial charge in [0.25, 0.3) is 0 Å². The van der Waals surface area contributed by atoms with Gasteiger partial charge in [-0.15, -0.1) is 0 Å². The van der Waals surface area contributed by atoms with E-state index in [0.717, 1.165) is 0 Å². The van der Waals surface area contributed by atoms with E-state index < -0.39 is 125 Å². The summed E-state index contributed by atoms with van der Waals surface area (Å²) in [6.07, 6.45) is -25.3. The van der Waals surface area contributed by atoms with E-state index in [9.17, 15) is 171 Å². The zero-order valence-corrected chi connectivity index (χ0v) is 26.6. The molecular weight excluding hydrogens is 1040 g/mol. The largest absolute Gasteiger partial charge is 0.460 e. The lowest BCUT2D eigenvalue weighted by molar-refractivity contribution is -0.444. The van der Waals surface area contributed by atoms with E-state index >= 15 is 0 Å². The molecule has 0 bridgehead atoms. The normalized spacial score (nSPS) is 16.8. The van der Waals surface area contributed by atoms with E-state index in [1.165, 1.54) is 0 Å². The van der Waals surface area contributed by atoms with Gasteiger partial charge in [0, 0.05) is 0 Å². The van der Waals surface area contributed by atoms with Crippen molar-refractivity contribution in [1.29, 1.82) is 0 Å². The topological polar surface area (TPSA) is 38.7 Å². The van der Waals surface area contributed by atoms with Gasteiger partial charge in [0.05, 0.1) is 0 Å². The summed E-state index contributed by atoms with van der Waals surface area (Å²) in [4.78, 5) is 0.779. The first-order chi connectivity index (χ1) is 26.6. The van der Waals surface area contributed by atoms with Gasteiger partial charge in [0.2, 0.25) is 17.5 Å². The second-order valence-corrected chi connectivity index (χ2v) is 11.4. The minimum Gasteiger partial charge on any atom is -0.205 e. The first-order valence-corrected chi connectivity index (χ1v) is 13.2. The molecule has 63 heavy (non-hydrogen) atoms. The van der Waals surface area contributed by atoms with E-state index in [-0.39, 0.29) is 15.0 Å². The van der Waals surface area contributed by atoms with Crippen LogP contribution in [0.3, 0.4) is 0 Å². The van der Waals surface area contributed by atoms with Crippen LogP contribution in [0.25, 0.3) is 0 Å². The highest BCUT2D eigenvalue weighted by Gasteiger charge is 2.95.